The normalized spacial score (nSPS) is 20.5. The summed E-state index contributed by atoms with van der Waals surface area (Å²) in [5.74, 6) is -0.249. The van der Waals surface area contributed by atoms with Gasteiger partial charge in [0.2, 0.25) is 0 Å². The van der Waals surface area contributed by atoms with Crippen LogP contribution in [0.1, 0.15) is 25.5 Å². The molecular formula is C13H17FN2O. The molecule has 1 aromatic carbocycles. The van der Waals surface area contributed by atoms with Crippen LogP contribution in [0.25, 0.3) is 0 Å². The van der Waals surface area contributed by atoms with Crippen molar-refractivity contribution < 1.29 is 9.18 Å². The second kappa shape index (κ2) is 4.35. The molecule has 1 aliphatic heterocycles. The summed E-state index contributed by atoms with van der Waals surface area (Å²) < 4.78 is 12.9. The number of amides is 2. The minimum absolute atomic E-state index is 0.0190. The molecule has 1 saturated heterocycles. The molecule has 1 heterocycles. The molecular weight excluding hydrogens is 219 g/mol. The van der Waals surface area contributed by atoms with Gasteiger partial charge in [0.05, 0.1) is 6.04 Å². The van der Waals surface area contributed by atoms with E-state index in [9.17, 15) is 9.18 Å². The molecule has 3 nitrogen and oxygen atoms in total. The molecule has 0 aromatic heterocycles. The monoisotopic (exact) mass is 236 g/mol. The van der Waals surface area contributed by atoms with Crippen molar-refractivity contribution in [2.24, 2.45) is 0 Å². The Morgan fingerprint density at radius 1 is 1.29 bits per heavy atom. The fraction of sp³-hybridized carbons (Fsp3) is 0.462. The Bertz CT molecular complexity index is 416. The molecule has 92 valence electrons. The predicted molar refractivity (Wildman–Crippen MR) is 64.1 cm³/mol. The van der Waals surface area contributed by atoms with E-state index in [1.54, 1.807) is 24.1 Å². The number of halogens is 1. The maximum atomic E-state index is 12.9. The van der Waals surface area contributed by atoms with Crippen molar-refractivity contribution in [3.05, 3.63) is 35.6 Å². The van der Waals surface area contributed by atoms with Gasteiger partial charge >= 0.3 is 6.03 Å². The van der Waals surface area contributed by atoms with Gasteiger partial charge in [-0.1, -0.05) is 12.1 Å². The summed E-state index contributed by atoms with van der Waals surface area (Å²) in [6.45, 7) is 4.66. The quantitative estimate of drug-likeness (QED) is 0.774. The lowest BCUT2D eigenvalue weighted by Crippen LogP contribution is -2.34. The molecule has 17 heavy (non-hydrogen) atoms. The summed E-state index contributed by atoms with van der Waals surface area (Å²) in [6.07, 6.45) is 0. The number of rotatable bonds is 2. The molecule has 1 fully saturated rings. The van der Waals surface area contributed by atoms with Gasteiger partial charge in [0.25, 0.3) is 0 Å². The number of carbonyl (C=O) groups is 1. The first-order valence-electron chi connectivity index (χ1n) is 5.79. The average molecular weight is 236 g/mol. The van der Waals surface area contributed by atoms with Crippen LogP contribution in [0.3, 0.4) is 0 Å². The molecule has 0 bridgehead atoms. The van der Waals surface area contributed by atoms with Gasteiger partial charge in [-0.15, -0.1) is 0 Å². The maximum Gasteiger partial charge on any atom is 0.320 e. The van der Waals surface area contributed by atoms with E-state index in [1.807, 2.05) is 18.7 Å². The first kappa shape index (κ1) is 11.9. The van der Waals surface area contributed by atoms with Crippen LogP contribution in [0.15, 0.2) is 24.3 Å². The Hall–Kier alpha value is -1.58. The van der Waals surface area contributed by atoms with E-state index >= 15 is 0 Å². The summed E-state index contributed by atoms with van der Waals surface area (Å²) in [6, 6.07) is 6.61. The van der Waals surface area contributed by atoms with Crippen molar-refractivity contribution in [1.82, 2.24) is 9.80 Å². The number of hydrogen-bond acceptors (Lipinski definition) is 1. The summed E-state index contributed by atoms with van der Waals surface area (Å²) in [7, 11) is 1.79. The highest BCUT2D eigenvalue weighted by Gasteiger charge is 2.36. The minimum Gasteiger partial charge on any atom is -0.320 e. The third kappa shape index (κ3) is 2.12. The highest BCUT2D eigenvalue weighted by Crippen LogP contribution is 2.29. The van der Waals surface area contributed by atoms with Gasteiger partial charge in [-0.25, -0.2) is 9.18 Å². The molecule has 4 heteroatoms. The molecule has 2 rings (SSSR count). The summed E-state index contributed by atoms with van der Waals surface area (Å²) in [4.78, 5) is 15.5. The molecule has 0 N–H and O–H groups in total. The smallest absolute Gasteiger partial charge is 0.320 e. The standard InChI is InChI=1S/C13H17FN2O/c1-9(2)16-8-12(15(3)13(16)17)10-4-6-11(14)7-5-10/h4-7,9,12H,8H2,1-3H3. The molecule has 1 atom stereocenters. The van der Waals surface area contributed by atoms with Crippen LogP contribution in [0.5, 0.6) is 0 Å². The lowest BCUT2D eigenvalue weighted by atomic mass is 10.1. The Morgan fingerprint density at radius 3 is 2.35 bits per heavy atom. The van der Waals surface area contributed by atoms with Gasteiger partial charge in [0.15, 0.2) is 0 Å². The average Bonchev–Trinajstić information content (AvgIpc) is 2.58. The molecule has 2 amide bonds. The highest BCUT2D eigenvalue weighted by atomic mass is 19.1. The molecule has 0 saturated carbocycles. The van der Waals surface area contributed by atoms with E-state index in [4.69, 9.17) is 0 Å². The van der Waals surface area contributed by atoms with Gasteiger partial charge in [0.1, 0.15) is 5.82 Å². The van der Waals surface area contributed by atoms with Gasteiger partial charge in [-0.3, -0.25) is 0 Å². The van der Waals surface area contributed by atoms with Gasteiger partial charge in [0, 0.05) is 19.6 Å². The highest BCUT2D eigenvalue weighted by molar-refractivity contribution is 5.77. The van der Waals surface area contributed by atoms with E-state index in [1.165, 1.54) is 12.1 Å². The Morgan fingerprint density at radius 2 is 1.88 bits per heavy atom. The van der Waals surface area contributed by atoms with Crippen molar-refractivity contribution in [2.45, 2.75) is 25.9 Å². The second-order valence-corrected chi connectivity index (χ2v) is 4.71. The SMILES string of the molecule is CC(C)N1CC(c2ccc(F)cc2)N(C)C1=O. The zero-order valence-corrected chi connectivity index (χ0v) is 10.4. The van der Waals surface area contributed by atoms with Crippen molar-refractivity contribution in [1.29, 1.82) is 0 Å². The molecule has 0 radical (unpaired) electrons. The van der Waals surface area contributed by atoms with Crippen LogP contribution in [0.2, 0.25) is 0 Å². The zero-order chi connectivity index (χ0) is 12.6. The number of hydrogen-bond donors (Lipinski definition) is 0. The summed E-state index contributed by atoms with van der Waals surface area (Å²) >= 11 is 0. The van der Waals surface area contributed by atoms with E-state index < -0.39 is 0 Å². The predicted octanol–water partition coefficient (Wildman–Crippen LogP) is 2.64. The molecule has 1 aromatic rings. The fourth-order valence-corrected chi connectivity index (χ4v) is 2.17. The van der Waals surface area contributed by atoms with Crippen molar-refractivity contribution in [2.75, 3.05) is 13.6 Å². The Kier molecular flexibility index (Phi) is 3.05. The third-order valence-corrected chi connectivity index (χ3v) is 3.26. The fourth-order valence-electron chi connectivity index (χ4n) is 2.17. The van der Waals surface area contributed by atoms with Crippen molar-refractivity contribution >= 4 is 6.03 Å². The van der Waals surface area contributed by atoms with Gasteiger partial charge in [-0.05, 0) is 31.5 Å². The van der Waals surface area contributed by atoms with E-state index in [0.717, 1.165) is 5.56 Å². The number of likely N-dealkylation sites (N-methyl/N-ethyl adjacent to an activating group) is 1. The van der Waals surface area contributed by atoms with Crippen molar-refractivity contribution in [3.8, 4) is 0 Å². The van der Waals surface area contributed by atoms with E-state index in [-0.39, 0.29) is 23.9 Å². The number of nitrogens with zero attached hydrogens (tertiary/aromatic N) is 2. The van der Waals surface area contributed by atoms with Crippen molar-refractivity contribution in [3.63, 3.8) is 0 Å². The van der Waals surface area contributed by atoms with Crippen LogP contribution in [0.4, 0.5) is 9.18 Å². The van der Waals surface area contributed by atoms with Gasteiger partial charge < -0.3 is 9.80 Å². The maximum absolute atomic E-state index is 12.9. The summed E-state index contributed by atoms with van der Waals surface area (Å²) in [5.41, 5.74) is 0.977. The minimum atomic E-state index is -0.249. The largest absolute Gasteiger partial charge is 0.320 e. The van der Waals surface area contributed by atoms with Crippen LogP contribution in [-0.2, 0) is 0 Å². The van der Waals surface area contributed by atoms with Crippen LogP contribution >= 0.6 is 0 Å². The molecule has 0 spiro atoms. The lowest BCUT2D eigenvalue weighted by Gasteiger charge is -2.19. The molecule has 1 aliphatic rings. The zero-order valence-electron chi connectivity index (χ0n) is 10.4. The first-order chi connectivity index (χ1) is 8.00. The first-order valence-corrected chi connectivity index (χ1v) is 5.79. The van der Waals surface area contributed by atoms with Crippen LogP contribution in [0, 0.1) is 5.82 Å². The van der Waals surface area contributed by atoms with Gasteiger partial charge in [-0.2, -0.15) is 0 Å². The lowest BCUT2D eigenvalue weighted by molar-refractivity contribution is 0.187. The summed E-state index contributed by atoms with van der Waals surface area (Å²) in [5, 5.41) is 0. The van der Waals surface area contributed by atoms with Crippen LogP contribution < -0.4 is 0 Å². The molecule has 1 unspecified atom stereocenters. The Balaban J connectivity index is 2.23. The third-order valence-electron chi connectivity index (χ3n) is 3.26. The number of carbonyl (C=O) groups excluding carboxylic acids is 1. The topological polar surface area (TPSA) is 23.6 Å². The number of urea groups is 1. The van der Waals surface area contributed by atoms with Crippen LogP contribution in [-0.4, -0.2) is 35.5 Å². The number of benzene rings is 1. The second-order valence-electron chi connectivity index (χ2n) is 4.71. The van der Waals surface area contributed by atoms with E-state index in [0.29, 0.717) is 6.54 Å². The van der Waals surface area contributed by atoms with E-state index in [2.05, 4.69) is 0 Å². The molecule has 0 aliphatic carbocycles. The Labute approximate surface area is 101 Å².